The SMILES string of the molecule is O=C(C(=O)N1CCN(C/C=C/c2ccccc2)CC1)c1c[nH]c2ccc(F)cc12. The normalized spacial score (nSPS) is 15.3. The number of ketones is 1. The standard InChI is InChI=1S/C23H22FN3O2/c24-18-8-9-21-19(15-18)20(16-25-21)22(28)23(29)27-13-11-26(12-14-27)10-4-7-17-5-2-1-3-6-17/h1-9,15-16,25H,10-14H2/b7-4+. The van der Waals surface area contributed by atoms with Gasteiger partial charge in [-0.1, -0.05) is 42.5 Å². The maximum Gasteiger partial charge on any atom is 0.295 e. The van der Waals surface area contributed by atoms with E-state index in [1.54, 1.807) is 11.0 Å². The van der Waals surface area contributed by atoms with Gasteiger partial charge in [0, 0.05) is 49.8 Å². The van der Waals surface area contributed by atoms with Crippen molar-refractivity contribution in [2.45, 2.75) is 0 Å². The van der Waals surface area contributed by atoms with Crippen LogP contribution in [0.15, 0.2) is 60.8 Å². The molecule has 2 aromatic carbocycles. The second-order valence-corrected chi connectivity index (χ2v) is 7.13. The summed E-state index contributed by atoms with van der Waals surface area (Å²) in [4.78, 5) is 32.1. The summed E-state index contributed by atoms with van der Waals surface area (Å²) in [5, 5.41) is 0.438. The van der Waals surface area contributed by atoms with Gasteiger partial charge in [0.2, 0.25) is 0 Å². The molecule has 4 rings (SSSR count). The van der Waals surface area contributed by atoms with Crippen molar-refractivity contribution < 1.29 is 14.0 Å². The number of amides is 1. The highest BCUT2D eigenvalue weighted by Gasteiger charge is 2.28. The van der Waals surface area contributed by atoms with Crippen LogP contribution in [-0.2, 0) is 4.79 Å². The van der Waals surface area contributed by atoms with E-state index < -0.39 is 17.5 Å². The number of fused-ring (bicyclic) bond motifs is 1. The van der Waals surface area contributed by atoms with Crippen LogP contribution in [0, 0.1) is 5.82 Å². The summed E-state index contributed by atoms with van der Waals surface area (Å²) in [6.45, 7) is 3.22. The molecule has 1 fully saturated rings. The van der Waals surface area contributed by atoms with Crippen LogP contribution in [0.3, 0.4) is 0 Å². The third-order valence-electron chi connectivity index (χ3n) is 5.22. The molecule has 0 spiro atoms. The predicted molar refractivity (Wildman–Crippen MR) is 111 cm³/mol. The van der Waals surface area contributed by atoms with E-state index in [1.165, 1.54) is 18.3 Å². The third-order valence-corrected chi connectivity index (χ3v) is 5.22. The molecule has 29 heavy (non-hydrogen) atoms. The number of hydrogen-bond donors (Lipinski definition) is 1. The molecule has 5 nitrogen and oxygen atoms in total. The Morgan fingerprint density at radius 1 is 1.03 bits per heavy atom. The van der Waals surface area contributed by atoms with Gasteiger partial charge in [0.05, 0.1) is 5.56 Å². The summed E-state index contributed by atoms with van der Waals surface area (Å²) < 4.78 is 13.5. The van der Waals surface area contributed by atoms with Crippen molar-refractivity contribution in [3.8, 4) is 0 Å². The topological polar surface area (TPSA) is 56.4 Å². The number of H-pyrrole nitrogens is 1. The summed E-state index contributed by atoms with van der Waals surface area (Å²) in [6.07, 6.45) is 5.67. The number of nitrogens with one attached hydrogen (secondary N) is 1. The minimum atomic E-state index is -0.598. The van der Waals surface area contributed by atoms with Crippen LogP contribution in [0.2, 0.25) is 0 Å². The molecule has 148 valence electrons. The molecule has 0 saturated carbocycles. The molecule has 0 atom stereocenters. The molecule has 0 bridgehead atoms. The molecule has 3 aromatic rings. The number of aromatic amines is 1. The second-order valence-electron chi connectivity index (χ2n) is 7.13. The first kappa shape index (κ1) is 19.1. The highest BCUT2D eigenvalue weighted by Crippen LogP contribution is 2.20. The predicted octanol–water partition coefficient (Wildman–Crippen LogP) is 3.35. The molecular formula is C23H22FN3O2. The molecule has 2 heterocycles. The largest absolute Gasteiger partial charge is 0.360 e. The second kappa shape index (κ2) is 8.41. The van der Waals surface area contributed by atoms with Crippen LogP contribution >= 0.6 is 0 Å². The summed E-state index contributed by atoms with van der Waals surface area (Å²) in [7, 11) is 0. The van der Waals surface area contributed by atoms with Gasteiger partial charge in [-0.15, -0.1) is 0 Å². The van der Waals surface area contributed by atoms with E-state index in [0.717, 1.165) is 12.1 Å². The van der Waals surface area contributed by atoms with Crippen LogP contribution in [0.5, 0.6) is 0 Å². The van der Waals surface area contributed by atoms with Crippen LogP contribution in [0.1, 0.15) is 15.9 Å². The smallest absolute Gasteiger partial charge is 0.295 e. The summed E-state index contributed by atoms with van der Waals surface area (Å²) in [5.74, 6) is -1.57. The van der Waals surface area contributed by atoms with Gasteiger partial charge in [-0.3, -0.25) is 14.5 Å². The zero-order valence-corrected chi connectivity index (χ0v) is 16.0. The molecule has 1 aliphatic heterocycles. The third kappa shape index (κ3) is 4.27. The number of nitrogens with zero attached hydrogens (tertiary/aromatic N) is 2. The van der Waals surface area contributed by atoms with E-state index in [-0.39, 0.29) is 5.56 Å². The molecule has 0 radical (unpaired) electrons. The number of rotatable bonds is 5. The van der Waals surface area contributed by atoms with Crippen molar-refractivity contribution >= 4 is 28.7 Å². The minimum absolute atomic E-state index is 0.220. The van der Waals surface area contributed by atoms with E-state index in [9.17, 15) is 14.0 Å². The fraction of sp³-hybridized carbons (Fsp3) is 0.217. The number of Topliss-reactive ketones (excluding diaryl/α,β-unsaturated/α-hetero) is 1. The van der Waals surface area contributed by atoms with Crippen LogP contribution in [-0.4, -0.2) is 59.2 Å². The number of carbonyl (C=O) groups is 2. The summed E-state index contributed by atoms with van der Waals surface area (Å²) in [6, 6.07) is 14.3. The van der Waals surface area contributed by atoms with Gasteiger partial charge in [0.25, 0.3) is 11.7 Å². The van der Waals surface area contributed by atoms with Crippen molar-refractivity contribution in [3.05, 3.63) is 77.7 Å². The Bertz CT molecular complexity index is 1050. The molecule has 0 aliphatic carbocycles. The molecule has 1 saturated heterocycles. The average Bonchev–Trinajstić information content (AvgIpc) is 3.17. The lowest BCUT2D eigenvalue weighted by molar-refractivity contribution is -0.128. The Hall–Kier alpha value is -3.25. The summed E-state index contributed by atoms with van der Waals surface area (Å²) in [5.41, 5.74) is 2.01. The van der Waals surface area contributed by atoms with Gasteiger partial charge in [-0.05, 0) is 23.8 Å². The zero-order chi connectivity index (χ0) is 20.2. The number of aromatic nitrogens is 1. The Morgan fingerprint density at radius 2 is 1.79 bits per heavy atom. The first-order valence-electron chi connectivity index (χ1n) is 9.66. The number of carbonyl (C=O) groups excluding carboxylic acids is 2. The number of piperazine rings is 1. The van der Waals surface area contributed by atoms with Gasteiger partial charge < -0.3 is 9.88 Å². The molecule has 1 amide bonds. The van der Waals surface area contributed by atoms with Crippen molar-refractivity contribution in [2.24, 2.45) is 0 Å². The van der Waals surface area contributed by atoms with E-state index in [0.29, 0.717) is 37.1 Å². The van der Waals surface area contributed by atoms with Crippen LogP contribution in [0.25, 0.3) is 17.0 Å². The van der Waals surface area contributed by atoms with Gasteiger partial charge in [-0.2, -0.15) is 0 Å². The molecule has 1 aliphatic rings. The van der Waals surface area contributed by atoms with Gasteiger partial charge >= 0.3 is 0 Å². The molecule has 1 N–H and O–H groups in total. The Morgan fingerprint density at radius 3 is 2.55 bits per heavy atom. The fourth-order valence-electron chi connectivity index (χ4n) is 3.58. The first-order valence-corrected chi connectivity index (χ1v) is 9.66. The fourth-order valence-corrected chi connectivity index (χ4v) is 3.58. The molecule has 6 heteroatoms. The average molecular weight is 391 g/mol. The lowest BCUT2D eigenvalue weighted by Gasteiger charge is -2.33. The molecule has 1 aromatic heterocycles. The van der Waals surface area contributed by atoms with Crippen molar-refractivity contribution in [1.82, 2.24) is 14.8 Å². The quantitative estimate of drug-likeness (QED) is 0.536. The maximum atomic E-state index is 13.5. The van der Waals surface area contributed by atoms with E-state index in [2.05, 4.69) is 34.2 Å². The van der Waals surface area contributed by atoms with Crippen LogP contribution in [0.4, 0.5) is 4.39 Å². The van der Waals surface area contributed by atoms with Crippen molar-refractivity contribution in [3.63, 3.8) is 0 Å². The maximum absolute atomic E-state index is 13.5. The van der Waals surface area contributed by atoms with Crippen LogP contribution < -0.4 is 0 Å². The van der Waals surface area contributed by atoms with E-state index in [1.807, 2.05) is 18.2 Å². The first-order chi connectivity index (χ1) is 14.1. The summed E-state index contributed by atoms with van der Waals surface area (Å²) >= 11 is 0. The monoisotopic (exact) mass is 391 g/mol. The number of halogens is 1. The number of hydrogen-bond acceptors (Lipinski definition) is 3. The Kier molecular flexibility index (Phi) is 5.53. The minimum Gasteiger partial charge on any atom is -0.360 e. The van der Waals surface area contributed by atoms with Gasteiger partial charge in [0.1, 0.15) is 5.82 Å². The Labute approximate surface area is 168 Å². The lowest BCUT2D eigenvalue weighted by atomic mass is 10.1. The Balaban J connectivity index is 1.34. The highest BCUT2D eigenvalue weighted by molar-refractivity contribution is 6.44. The zero-order valence-electron chi connectivity index (χ0n) is 16.0. The highest BCUT2D eigenvalue weighted by atomic mass is 19.1. The molecular weight excluding hydrogens is 369 g/mol. The van der Waals surface area contributed by atoms with Crippen molar-refractivity contribution in [2.75, 3.05) is 32.7 Å². The molecule has 0 unspecified atom stereocenters. The van der Waals surface area contributed by atoms with E-state index in [4.69, 9.17) is 0 Å². The van der Waals surface area contributed by atoms with Gasteiger partial charge in [0.15, 0.2) is 0 Å². The van der Waals surface area contributed by atoms with Crippen molar-refractivity contribution in [1.29, 1.82) is 0 Å². The van der Waals surface area contributed by atoms with Gasteiger partial charge in [-0.25, -0.2) is 4.39 Å². The number of benzene rings is 2. The van der Waals surface area contributed by atoms with E-state index >= 15 is 0 Å². The lowest BCUT2D eigenvalue weighted by Crippen LogP contribution is -2.50.